The average molecular weight is 265 g/mol. The van der Waals surface area contributed by atoms with Crippen molar-refractivity contribution in [2.75, 3.05) is 37.0 Å². The highest BCUT2D eigenvalue weighted by Crippen LogP contribution is 2.37. The Morgan fingerprint density at radius 3 is 3.00 bits per heavy atom. The molecule has 1 fully saturated rings. The van der Waals surface area contributed by atoms with Gasteiger partial charge in [0.25, 0.3) is 0 Å². The van der Waals surface area contributed by atoms with Crippen molar-refractivity contribution in [3.8, 4) is 0 Å². The summed E-state index contributed by atoms with van der Waals surface area (Å²) in [6.07, 6.45) is 1.73. The van der Waals surface area contributed by atoms with Crippen LogP contribution in [0.25, 0.3) is 0 Å². The molecule has 1 aromatic carbocycles. The number of rotatable bonds is 5. The van der Waals surface area contributed by atoms with Crippen molar-refractivity contribution in [2.45, 2.75) is 12.8 Å². The van der Waals surface area contributed by atoms with E-state index in [0.717, 1.165) is 25.9 Å². The molecule has 1 aliphatic heterocycles. The van der Waals surface area contributed by atoms with E-state index < -0.39 is 0 Å². The zero-order valence-corrected chi connectivity index (χ0v) is 11.0. The van der Waals surface area contributed by atoms with Gasteiger partial charge in [0.1, 0.15) is 11.4 Å². The van der Waals surface area contributed by atoms with Crippen LogP contribution in [0.2, 0.25) is 0 Å². The summed E-state index contributed by atoms with van der Waals surface area (Å²) in [6.45, 7) is 1.75. The fraction of sp³-hybridized carbons (Fsp3) is 0.538. The van der Waals surface area contributed by atoms with Gasteiger partial charge in [-0.2, -0.15) is 0 Å². The van der Waals surface area contributed by atoms with E-state index >= 15 is 0 Å². The maximum atomic E-state index is 11.3. The molecule has 0 radical (unpaired) electrons. The van der Waals surface area contributed by atoms with Gasteiger partial charge < -0.3 is 15.3 Å². The van der Waals surface area contributed by atoms with E-state index in [4.69, 9.17) is 5.11 Å². The molecular weight excluding hydrogens is 246 g/mol. The summed E-state index contributed by atoms with van der Waals surface area (Å²) in [5.74, 6) is 0.419. The third-order valence-corrected chi connectivity index (χ3v) is 3.63. The Kier molecular flexibility index (Phi) is 4.21. The first-order valence-electron chi connectivity index (χ1n) is 6.48. The molecule has 1 atom stereocenters. The third-order valence-electron chi connectivity index (χ3n) is 3.63. The number of nitro benzene ring substituents is 1. The summed E-state index contributed by atoms with van der Waals surface area (Å²) >= 11 is 0. The topological polar surface area (TPSA) is 78.6 Å². The first-order valence-corrected chi connectivity index (χ1v) is 6.48. The van der Waals surface area contributed by atoms with Crippen LogP contribution < -0.4 is 10.2 Å². The Morgan fingerprint density at radius 1 is 1.58 bits per heavy atom. The van der Waals surface area contributed by atoms with Gasteiger partial charge >= 0.3 is 5.69 Å². The second-order valence-electron chi connectivity index (χ2n) is 4.79. The lowest BCUT2D eigenvalue weighted by Crippen LogP contribution is -2.21. The molecule has 0 aliphatic carbocycles. The molecule has 0 spiro atoms. The van der Waals surface area contributed by atoms with Gasteiger partial charge in [0, 0.05) is 26.7 Å². The maximum absolute atomic E-state index is 11.3. The SMILES string of the molecule is CNc1cccc(N2CCC(CCO)C2)c1[N+](=O)[O-]. The van der Waals surface area contributed by atoms with Crippen LogP contribution in [0.3, 0.4) is 0 Å². The Bertz CT molecular complexity index is 464. The van der Waals surface area contributed by atoms with E-state index in [-0.39, 0.29) is 17.2 Å². The summed E-state index contributed by atoms with van der Waals surface area (Å²) in [5, 5.41) is 23.1. The molecule has 1 aromatic rings. The van der Waals surface area contributed by atoms with E-state index in [1.165, 1.54) is 0 Å². The summed E-state index contributed by atoms with van der Waals surface area (Å²) in [6, 6.07) is 5.33. The van der Waals surface area contributed by atoms with Gasteiger partial charge in [-0.05, 0) is 30.9 Å². The first kappa shape index (κ1) is 13.6. The van der Waals surface area contributed by atoms with Crippen molar-refractivity contribution >= 4 is 17.1 Å². The molecule has 2 N–H and O–H groups in total. The number of nitrogens with one attached hydrogen (secondary N) is 1. The number of hydrogen-bond acceptors (Lipinski definition) is 5. The van der Waals surface area contributed by atoms with Crippen LogP contribution in [-0.2, 0) is 0 Å². The van der Waals surface area contributed by atoms with Gasteiger partial charge in [-0.3, -0.25) is 10.1 Å². The van der Waals surface area contributed by atoms with E-state index in [9.17, 15) is 10.1 Å². The van der Waals surface area contributed by atoms with Crippen molar-refractivity contribution < 1.29 is 10.0 Å². The van der Waals surface area contributed by atoms with Crippen LogP contribution in [0.1, 0.15) is 12.8 Å². The summed E-state index contributed by atoms with van der Waals surface area (Å²) < 4.78 is 0. The monoisotopic (exact) mass is 265 g/mol. The van der Waals surface area contributed by atoms with E-state index in [0.29, 0.717) is 17.3 Å². The highest BCUT2D eigenvalue weighted by molar-refractivity contribution is 5.77. The maximum Gasteiger partial charge on any atom is 0.315 e. The van der Waals surface area contributed by atoms with Crippen LogP contribution in [0, 0.1) is 16.0 Å². The predicted molar refractivity (Wildman–Crippen MR) is 74.7 cm³/mol. The van der Waals surface area contributed by atoms with E-state index in [2.05, 4.69) is 5.32 Å². The molecule has 0 aromatic heterocycles. The lowest BCUT2D eigenvalue weighted by Gasteiger charge is -2.19. The Morgan fingerprint density at radius 2 is 2.37 bits per heavy atom. The molecule has 6 nitrogen and oxygen atoms in total. The van der Waals surface area contributed by atoms with Crippen LogP contribution >= 0.6 is 0 Å². The zero-order chi connectivity index (χ0) is 13.8. The van der Waals surface area contributed by atoms with Crippen molar-refractivity contribution in [3.05, 3.63) is 28.3 Å². The van der Waals surface area contributed by atoms with Gasteiger partial charge in [-0.1, -0.05) is 6.07 Å². The smallest absolute Gasteiger partial charge is 0.315 e. The number of hydrogen-bond donors (Lipinski definition) is 2. The standard InChI is InChI=1S/C13H19N3O3/c1-14-11-3-2-4-12(13(11)16(18)19)15-7-5-10(9-15)6-8-17/h2-4,10,14,17H,5-9H2,1H3. The molecule has 1 aliphatic rings. The van der Waals surface area contributed by atoms with Crippen LogP contribution in [0.4, 0.5) is 17.1 Å². The molecule has 1 heterocycles. The third kappa shape index (κ3) is 2.78. The molecule has 0 bridgehead atoms. The van der Waals surface area contributed by atoms with Crippen LogP contribution in [0.5, 0.6) is 0 Å². The molecule has 1 saturated heterocycles. The Hall–Kier alpha value is -1.82. The fourth-order valence-corrected chi connectivity index (χ4v) is 2.65. The van der Waals surface area contributed by atoms with Crippen molar-refractivity contribution in [1.82, 2.24) is 0 Å². The van der Waals surface area contributed by atoms with Gasteiger partial charge in [0.15, 0.2) is 0 Å². The molecule has 19 heavy (non-hydrogen) atoms. The summed E-state index contributed by atoms with van der Waals surface area (Å²) in [4.78, 5) is 13.0. The lowest BCUT2D eigenvalue weighted by atomic mass is 10.1. The number of aliphatic hydroxyl groups is 1. The Balaban J connectivity index is 2.28. The van der Waals surface area contributed by atoms with Crippen molar-refractivity contribution in [2.24, 2.45) is 5.92 Å². The molecule has 0 amide bonds. The van der Waals surface area contributed by atoms with E-state index in [1.807, 2.05) is 11.0 Å². The fourth-order valence-electron chi connectivity index (χ4n) is 2.65. The molecule has 0 saturated carbocycles. The summed E-state index contributed by atoms with van der Waals surface area (Å²) in [7, 11) is 1.69. The number of nitrogens with zero attached hydrogens (tertiary/aromatic N) is 2. The lowest BCUT2D eigenvalue weighted by molar-refractivity contribution is -0.383. The molecular formula is C13H19N3O3. The second kappa shape index (κ2) is 5.88. The number of benzene rings is 1. The highest BCUT2D eigenvalue weighted by atomic mass is 16.6. The minimum absolute atomic E-state index is 0.134. The Labute approximate surface area is 112 Å². The molecule has 2 rings (SSSR count). The molecule has 1 unspecified atom stereocenters. The quantitative estimate of drug-likeness (QED) is 0.627. The summed E-state index contributed by atoms with van der Waals surface area (Å²) in [5.41, 5.74) is 1.33. The second-order valence-corrected chi connectivity index (χ2v) is 4.79. The minimum atomic E-state index is -0.333. The number of aliphatic hydroxyl groups excluding tert-OH is 1. The normalized spacial score (nSPS) is 18.6. The average Bonchev–Trinajstić information content (AvgIpc) is 2.86. The molecule has 104 valence electrons. The van der Waals surface area contributed by atoms with Crippen molar-refractivity contribution in [3.63, 3.8) is 0 Å². The van der Waals surface area contributed by atoms with Crippen molar-refractivity contribution in [1.29, 1.82) is 0 Å². The van der Waals surface area contributed by atoms with E-state index in [1.54, 1.807) is 19.2 Å². The zero-order valence-electron chi connectivity index (χ0n) is 11.0. The molecule has 6 heteroatoms. The van der Waals surface area contributed by atoms with Crippen LogP contribution in [0.15, 0.2) is 18.2 Å². The van der Waals surface area contributed by atoms with Gasteiger partial charge in [-0.15, -0.1) is 0 Å². The minimum Gasteiger partial charge on any atom is -0.396 e. The predicted octanol–water partition coefficient (Wildman–Crippen LogP) is 1.85. The number of para-hydroxylation sites is 1. The van der Waals surface area contributed by atoms with Crippen LogP contribution in [-0.4, -0.2) is 36.8 Å². The van der Waals surface area contributed by atoms with Gasteiger partial charge in [-0.25, -0.2) is 0 Å². The van der Waals surface area contributed by atoms with Gasteiger partial charge in [0.05, 0.1) is 4.92 Å². The van der Waals surface area contributed by atoms with Gasteiger partial charge in [0.2, 0.25) is 0 Å². The highest BCUT2D eigenvalue weighted by Gasteiger charge is 2.28. The largest absolute Gasteiger partial charge is 0.396 e. The number of nitro groups is 1. The number of anilines is 2. The first-order chi connectivity index (χ1) is 9.17.